The van der Waals surface area contributed by atoms with Crippen molar-refractivity contribution in [1.82, 2.24) is 9.80 Å². The fraction of sp³-hybridized carbons (Fsp3) is 0.500. The summed E-state index contributed by atoms with van der Waals surface area (Å²) in [5.74, 6) is -0.0599. The van der Waals surface area contributed by atoms with E-state index in [1.165, 1.54) is 24.3 Å². The standard InChI is InChI=1S/C28H30F4N4O6/c29-18-1-8-24-17(13-18)14-25(42-24)27(38)35-11-9-34(10-12-35)26(16-37)41-21-5-2-19(3-6-21)33-20-4-7-23(36(39)40)22(15-20)28(30,31)32/h1,4,7-8,13,15-16,19,21,25-26,33H,2-3,5-6,9-12,14H2. The molecular weight excluding hydrogens is 564 g/mol. The lowest BCUT2D eigenvalue weighted by Gasteiger charge is -2.39. The predicted molar refractivity (Wildman–Crippen MR) is 141 cm³/mol. The quantitative estimate of drug-likeness (QED) is 0.210. The average Bonchev–Trinajstić information content (AvgIpc) is 3.39. The maximum absolute atomic E-state index is 13.5. The number of piperazine rings is 1. The molecule has 1 aliphatic carbocycles. The first kappa shape index (κ1) is 29.7. The van der Waals surface area contributed by atoms with Crippen molar-refractivity contribution >= 4 is 23.6 Å². The van der Waals surface area contributed by atoms with E-state index in [0.29, 0.717) is 69.6 Å². The maximum Gasteiger partial charge on any atom is 0.423 e. The number of benzene rings is 2. The van der Waals surface area contributed by atoms with Gasteiger partial charge in [0.2, 0.25) is 0 Å². The van der Waals surface area contributed by atoms with Crippen LogP contribution in [0.4, 0.5) is 28.9 Å². The van der Waals surface area contributed by atoms with Crippen LogP contribution in [0.15, 0.2) is 36.4 Å². The molecule has 0 bridgehead atoms. The summed E-state index contributed by atoms with van der Waals surface area (Å²) < 4.78 is 65.2. The lowest BCUT2D eigenvalue weighted by molar-refractivity contribution is -0.388. The van der Waals surface area contributed by atoms with Gasteiger partial charge in [-0.25, -0.2) is 4.39 Å². The Morgan fingerprint density at radius 3 is 2.45 bits per heavy atom. The smallest absolute Gasteiger partial charge is 0.423 e. The summed E-state index contributed by atoms with van der Waals surface area (Å²) in [5.41, 5.74) is -1.49. The van der Waals surface area contributed by atoms with Crippen molar-refractivity contribution in [3.05, 3.63) is 63.5 Å². The molecule has 0 aromatic heterocycles. The number of nitrogens with zero attached hydrogens (tertiary/aromatic N) is 3. The fourth-order valence-electron chi connectivity index (χ4n) is 5.75. The number of ether oxygens (including phenoxy) is 2. The Morgan fingerprint density at radius 1 is 1.10 bits per heavy atom. The Morgan fingerprint density at radius 2 is 1.81 bits per heavy atom. The number of anilines is 1. The van der Waals surface area contributed by atoms with Crippen molar-refractivity contribution in [3.63, 3.8) is 0 Å². The van der Waals surface area contributed by atoms with E-state index in [0.717, 1.165) is 18.4 Å². The van der Waals surface area contributed by atoms with Crippen LogP contribution in [0.3, 0.4) is 0 Å². The van der Waals surface area contributed by atoms with E-state index in [4.69, 9.17) is 9.47 Å². The van der Waals surface area contributed by atoms with E-state index in [1.54, 1.807) is 4.90 Å². The minimum atomic E-state index is -4.86. The number of fused-ring (bicyclic) bond motifs is 1. The summed E-state index contributed by atoms with van der Waals surface area (Å²) in [5, 5.41) is 14.0. The number of nitro groups is 1. The number of nitrogens with one attached hydrogen (secondary N) is 1. The number of hydrogen-bond acceptors (Lipinski definition) is 8. The third-order valence-corrected chi connectivity index (χ3v) is 7.95. The molecule has 3 aliphatic rings. The Hall–Kier alpha value is -3.78. The second kappa shape index (κ2) is 12.2. The van der Waals surface area contributed by atoms with Crippen molar-refractivity contribution in [2.75, 3.05) is 31.5 Å². The molecule has 5 rings (SSSR count). The van der Waals surface area contributed by atoms with Gasteiger partial charge in [0.25, 0.3) is 11.6 Å². The van der Waals surface area contributed by atoms with Crippen LogP contribution in [-0.4, -0.2) is 77.6 Å². The molecule has 2 fully saturated rings. The van der Waals surface area contributed by atoms with Gasteiger partial charge >= 0.3 is 6.18 Å². The molecule has 226 valence electrons. The molecule has 2 atom stereocenters. The summed E-state index contributed by atoms with van der Waals surface area (Å²) in [4.78, 5) is 38.4. The number of amides is 1. The van der Waals surface area contributed by atoms with Crippen LogP contribution < -0.4 is 10.1 Å². The number of alkyl halides is 3. The molecule has 0 radical (unpaired) electrons. The van der Waals surface area contributed by atoms with Crippen LogP contribution in [-0.2, 0) is 26.9 Å². The number of carbonyl (C=O) groups is 2. The number of rotatable bonds is 8. The first-order valence-corrected chi connectivity index (χ1v) is 13.7. The van der Waals surface area contributed by atoms with Gasteiger partial charge in [-0.2, -0.15) is 13.2 Å². The first-order valence-electron chi connectivity index (χ1n) is 13.7. The molecule has 10 nitrogen and oxygen atoms in total. The minimum absolute atomic E-state index is 0.148. The largest absolute Gasteiger partial charge is 0.480 e. The molecule has 14 heteroatoms. The molecule has 0 spiro atoms. The van der Waals surface area contributed by atoms with Crippen LogP contribution in [0.1, 0.15) is 36.8 Å². The van der Waals surface area contributed by atoms with Crippen molar-refractivity contribution in [2.45, 2.75) is 62.8 Å². The Balaban J connectivity index is 1.08. The topological polar surface area (TPSA) is 114 Å². The number of carbonyl (C=O) groups excluding carboxylic acids is 2. The molecule has 1 amide bonds. The van der Waals surface area contributed by atoms with E-state index >= 15 is 0 Å². The van der Waals surface area contributed by atoms with Gasteiger partial charge in [0.15, 0.2) is 18.6 Å². The molecule has 2 aliphatic heterocycles. The highest BCUT2D eigenvalue weighted by Crippen LogP contribution is 2.38. The van der Waals surface area contributed by atoms with Gasteiger partial charge in [0.05, 0.1) is 11.0 Å². The lowest BCUT2D eigenvalue weighted by atomic mass is 9.92. The highest BCUT2D eigenvalue weighted by molar-refractivity contribution is 5.82. The third-order valence-electron chi connectivity index (χ3n) is 7.95. The number of hydrogen-bond donors (Lipinski definition) is 1. The third kappa shape index (κ3) is 6.65. The Labute approximate surface area is 238 Å². The lowest BCUT2D eigenvalue weighted by Crippen LogP contribution is -2.55. The second-order valence-corrected chi connectivity index (χ2v) is 10.7. The van der Waals surface area contributed by atoms with Crippen molar-refractivity contribution in [2.24, 2.45) is 0 Å². The van der Waals surface area contributed by atoms with Crippen LogP contribution >= 0.6 is 0 Å². The first-order chi connectivity index (χ1) is 20.0. The summed E-state index contributed by atoms with van der Waals surface area (Å²) in [6, 6.07) is 6.89. The van der Waals surface area contributed by atoms with Gasteiger partial charge in [0.1, 0.15) is 17.1 Å². The molecule has 2 heterocycles. The van der Waals surface area contributed by atoms with Crippen LogP contribution in [0.25, 0.3) is 0 Å². The monoisotopic (exact) mass is 594 g/mol. The van der Waals surface area contributed by atoms with E-state index in [-0.39, 0.29) is 29.6 Å². The molecule has 1 N–H and O–H groups in total. The molecule has 2 aromatic rings. The van der Waals surface area contributed by atoms with E-state index < -0.39 is 34.7 Å². The van der Waals surface area contributed by atoms with E-state index in [1.807, 2.05) is 4.90 Å². The zero-order chi connectivity index (χ0) is 30.0. The van der Waals surface area contributed by atoms with E-state index in [2.05, 4.69) is 5.32 Å². The van der Waals surface area contributed by atoms with Gasteiger partial charge in [-0.05, 0) is 56.0 Å². The summed E-state index contributed by atoms with van der Waals surface area (Å²) in [7, 11) is 0. The zero-order valence-corrected chi connectivity index (χ0v) is 22.5. The number of nitro benzene ring substituents is 1. The van der Waals surface area contributed by atoms with Gasteiger partial charge in [-0.1, -0.05) is 0 Å². The van der Waals surface area contributed by atoms with E-state index in [9.17, 15) is 37.3 Å². The zero-order valence-electron chi connectivity index (χ0n) is 22.5. The fourth-order valence-corrected chi connectivity index (χ4v) is 5.75. The minimum Gasteiger partial charge on any atom is -0.480 e. The summed E-state index contributed by atoms with van der Waals surface area (Å²) >= 11 is 0. The van der Waals surface area contributed by atoms with Crippen LogP contribution in [0.2, 0.25) is 0 Å². The normalized spacial score (nSPS) is 23.5. The van der Waals surface area contributed by atoms with Crippen molar-refractivity contribution in [3.8, 4) is 5.75 Å². The summed E-state index contributed by atoms with van der Waals surface area (Å²) in [6.45, 7) is 1.59. The van der Waals surface area contributed by atoms with Crippen LogP contribution in [0, 0.1) is 15.9 Å². The Bertz CT molecular complexity index is 1330. The Kier molecular flexibility index (Phi) is 8.64. The predicted octanol–water partition coefficient (Wildman–Crippen LogP) is 4.17. The van der Waals surface area contributed by atoms with Gasteiger partial charge in [0, 0.05) is 56.0 Å². The average molecular weight is 595 g/mol. The summed E-state index contributed by atoms with van der Waals surface area (Å²) in [6.07, 6.45) is -3.28. The number of aldehydes is 1. The molecule has 2 unspecified atom stereocenters. The second-order valence-electron chi connectivity index (χ2n) is 10.7. The highest BCUT2D eigenvalue weighted by atomic mass is 19.4. The molecule has 1 saturated heterocycles. The van der Waals surface area contributed by atoms with Crippen molar-refractivity contribution in [1.29, 1.82) is 0 Å². The van der Waals surface area contributed by atoms with Gasteiger partial charge in [-0.3, -0.25) is 24.6 Å². The van der Waals surface area contributed by atoms with Gasteiger partial charge < -0.3 is 19.7 Å². The molecule has 2 aromatic carbocycles. The highest BCUT2D eigenvalue weighted by Gasteiger charge is 2.39. The van der Waals surface area contributed by atoms with Crippen LogP contribution in [0.5, 0.6) is 5.75 Å². The van der Waals surface area contributed by atoms with Crippen molar-refractivity contribution < 1.29 is 41.5 Å². The number of halogens is 4. The molecule has 42 heavy (non-hydrogen) atoms. The maximum atomic E-state index is 13.5. The molecule has 1 saturated carbocycles. The van der Waals surface area contributed by atoms with Gasteiger partial charge in [-0.15, -0.1) is 0 Å². The molecular formula is C28H30F4N4O6. The SMILES string of the molecule is O=CC(OC1CCC(Nc2ccc([N+](=O)[O-])c(C(F)(F)F)c2)CC1)N1CCN(C(=O)C2Cc3cc(F)ccc3O2)CC1.